The van der Waals surface area contributed by atoms with Crippen molar-refractivity contribution in [1.29, 1.82) is 0 Å². The molecule has 0 radical (unpaired) electrons. The van der Waals surface area contributed by atoms with Gasteiger partial charge >= 0.3 is 0 Å². The average Bonchev–Trinajstić information content (AvgIpc) is 2.56. The summed E-state index contributed by atoms with van der Waals surface area (Å²) in [5.74, 6) is -0.208. The quantitative estimate of drug-likeness (QED) is 0.480. The number of nitro benzene ring substituents is 1. The van der Waals surface area contributed by atoms with E-state index in [1.54, 1.807) is 12.1 Å². The van der Waals surface area contributed by atoms with Crippen molar-refractivity contribution in [3.63, 3.8) is 0 Å². The second-order valence-electron chi connectivity index (χ2n) is 4.25. The van der Waals surface area contributed by atoms with E-state index in [1.807, 2.05) is 0 Å². The van der Waals surface area contributed by atoms with E-state index in [0.29, 0.717) is 17.8 Å². The molecule has 0 atom stereocenters. The number of hydrogen-bond acceptors (Lipinski definition) is 5. The number of nitrogens with zero attached hydrogens (tertiary/aromatic N) is 2. The Morgan fingerprint density at radius 3 is 2.36 bits per heavy atom. The van der Waals surface area contributed by atoms with Gasteiger partial charge in [0.25, 0.3) is 11.6 Å². The molecule has 0 fully saturated rings. The van der Waals surface area contributed by atoms with Crippen LogP contribution in [-0.2, 0) is 4.79 Å². The van der Waals surface area contributed by atoms with Crippen molar-refractivity contribution in [2.45, 2.75) is 0 Å². The molecule has 0 aromatic heterocycles. The highest BCUT2D eigenvalue weighted by atomic mass is 16.6. The van der Waals surface area contributed by atoms with Gasteiger partial charge in [0, 0.05) is 6.07 Å². The summed E-state index contributed by atoms with van der Waals surface area (Å²) < 4.78 is 5.00. The Hall–Kier alpha value is -3.22. The number of hydrogen-bond donors (Lipinski definition) is 0. The van der Waals surface area contributed by atoms with Crippen molar-refractivity contribution in [3.8, 4) is 5.75 Å². The molecule has 0 N–H and O–H groups in total. The first kappa shape index (κ1) is 15.2. The molecule has 7 nitrogen and oxygen atoms in total. The van der Waals surface area contributed by atoms with E-state index in [9.17, 15) is 19.7 Å². The highest BCUT2D eigenvalue weighted by Gasteiger charge is 2.25. The molecule has 2 aromatic carbocycles. The van der Waals surface area contributed by atoms with Gasteiger partial charge in [-0.25, -0.2) is 4.90 Å². The van der Waals surface area contributed by atoms with Gasteiger partial charge in [0.05, 0.1) is 17.7 Å². The zero-order valence-electron chi connectivity index (χ0n) is 11.6. The molecule has 0 heterocycles. The van der Waals surface area contributed by atoms with Crippen molar-refractivity contribution >= 4 is 23.7 Å². The third-order valence-electron chi connectivity index (χ3n) is 3.01. The van der Waals surface area contributed by atoms with E-state index in [1.165, 1.54) is 43.5 Å². The lowest BCUT2D eigenvalue weighted by atomic mass is 10.1. The van der Waals surface area contributed by atoms with Gasteiger partial charge in [0.15, 0.2) is 0 Å². The third-order valence-corrected chi connectivity index (χ3v) is 3.01. The Bertz CT molecular complexity index is 712. The first-order valence-corrected chi connectivity index (χ1v) is 6.25. The SMILES string of the molecule is COc1ccc(N(C=O)C(=O)c2ccccc2[N+](=O)[O-])cc1. The van der Waals surface area contributed by atoms with Crippen LogP contribution in [0.25, 0.3) is 0 Å². The number of nitro groups is 1. The Morgan fingerprint density at radius 2 is 1.82 bits per heavy atom. The molecule has 0 aliphatic rings. The first-order chi connectivity index (χ1) is 10.6. The maximum atomic E-state index is 12.4. The monoisotopic (exact) mass is 300 g/mol. The van der Waals surface area contributed by atoms with E-state index in [4.69, 9.17) is 4.74 Å². The molecule has 0 aliphatic heterocycles. The number of rotatable bonds is 5. The molecule has 0 spiro atoms. The molecule has 2 aromatic rings. The average molecular weight is 300 g/mol. The lowest BCUT2D eigenvalue weighted by molar-refractivity contribution is -0.385. The van der Waals surface area contributed by atoms with Gasteiger partial charge in [0.2, 0.25) is 6.41 Å². The van der Waals surface area contributed by atoms with Crippen LogP contribution in [0.2, 0.25) is 0 Å². The fourth-order valence-electron chi connectivity index (χ4n) is 1.91. The van der Waals surface area contributed by atoms with Gasteiger partial charge in [-0.2, -0.15) is 0 Å². The summed E-state index contributed by atoms with van der Waals surface area (Å²) in [6.07, 6.45) is 0.320. The molecule has 2 amide bonds. The number of anilines is 1. The lowest BCUT2D eigenvalue weighted by Gasteiger charge is -2.16. The number of carbonyl (C=O) groups is 2. The number of methoxy groups -OCH3 is 1. The predicted molar refractivity (Wildman–Crippen MR) is 79.0 cm³/mol. The topological polar surface area (TPSA) is 89.8 Å². The van der Waals surface area contributed by atoms with E-state index < -0.39 is 10.8 Å². The minimum Gasteiger partial charge on any atom is -0.497 e. The normalized spacial score (nSPS) is 9.86. The summed E-state index contributed by atoms with van der Waals surface area (Å²) in [7, 11) is 1.49. The molecule has 112 valence electrons. The van der Waals surface area contributed by atoms with E-state index in [-0.39, 0.29) is 11.3 Å². The molecule has 2 rings (SSSR count). The van der Waals surface area contributed by atoms with Gasteiger partial charge in [-0.15, -0.1) is 0 Å². The van der Waals surface area contributed by atoms with Gasteiger partial charge in [0.1, 0.15) is 11.3 Å². The van der Waals surface area contributed by atoms with Crippen molar-refractivity contribution < 1.29 is 19.2 Å². The van der Waals surface area contributed by atoms with Gasteiger partial charge in [-0.05, 0) is 30.3 Å². The Balaban J connectivity index is 2.41. The molecule has 0 aliphatic carbocycles. The maximum absolute atomic E-state index is 12.4. The van der Waals surface area contributed by atoms with Crippen LogP contribution in [0, 0.1) is 10.1 Å². The van der Waals surface area contributed by atoms with Crippen molar-refractivity contribution in [2.24, 2.45) is 0 Å². The van der Waals surface area contributed by atoms with Crippen LogP contribution in [-0.4, -0.2) is 24.4 Å². The fraction of sp³-hybridized carbons (Fsp3) is 0.0667. The number of amides is 2. The summed E-state index contributed by atoms with van der Waals surface area (Å²) in [6.45, 7) is 0. The van der Waals surface area contributed by atoms with Crippen LogP contribution in [0.1, 0.15) is 10.4 Å². The zero-order chi connectivity index (χ0) is 16.1. The third kappa shape index (κ3) is 2.93. The summed E-state index contributed by atoms with van der Waals surface area (Å²) in [4.78, 5) is 34.8. The molecule has 7 heteroatoms. The highest BCUT2D eigenvalue weighted by molar-refractivity contribution is 6.17. The minimum absolute atomic E-state index is 0.157. The standard InChI is InChI=1S/C15H12N2O5/c1-22-12-8-6-11(7-9-12)16(10-18)15(19)13-4-2-3-5-14(13)17(20)21/h2-10H,1H3. The Kier molecular flexibility index (Phi) is 4.47. The Morgan fingerprint density at radius 1 is 1.18 bits per heavy atom. The van der Waals surface area contributed by atoms with Crippen LogP contribution in [0.4, 0.5) is 11.4 Å². The highest BCUT2D eigenvalue weighted by Crippen LogP contribution is 2.24. The summed E-state index contributed by atoms with van der Waals surface area (Å²) in [5.41, 5.74) is -0.220. The second-order valence-corrected chi connectivity index (χ2v) is 4.25. The van der Waals surface area contributed by atoms with Crippen molar-refractivity contribution in [3.05, 3.63) is 64.2 Å². The molecule has 0 unspecified atom stereocenters. The molecule has 0 saturated heterocycles. The van der Waals surface area contributed by atoms with Gasteiger partial charge in [-0.1, -0.05) is 12.1 Å². The molecule has 0 bridgehead atoms. The smallest absolute Gasteiger partial charge is 0.282 e. The van der Waals surface area contributed by atoms with E-state index in [2.05, 4.69) is 0 Å². The van der Waals surface area contributed by atoms with Crippen LogP contribution < -0.4 is 9.64 Å². The molecular formula is C15H12N2O5. The van der Waals surface area contributed by atoms with Crippen LogP contribution in [0.5, 0.6) is 5.75 Å². The molecule has 0 saturated carbocycles. The fourth-order valence-corrected chi connectivity index (χ4v) is 1.91. The predicted octanol–water partition coefficient (Wildman–Crippen LogP) is 2.41. The van der Waals surface area contributed by atoms with E-state index >= 15 is 0 Å². The molecule has 22 heavy (non-hydrogen) atoms. The molecular weight excluding hydrogens is 288 g/mol. The first-order valence-electron chi connectivity index (χ1n) is 6.25. The minimum atomic E-state index is -0.771. The largest absolute Gasteiger partial charge is 0.497 e. The number of benzene rings is 2. The summed E-state index contributed by atoms with van der Waals surface area (Å²) >= 11 is 0. The lowest BCUT2D eigenvalue weighted by Crippen LogP contribution is -2.29. The Labute approximate surface area is 125 Å². The van der Waals surface area contributed by atoms with Crippen LogP contribution in [0.3, 0.4) is 0 Å². The summed E-state index contributed by atoms with van der Waals surface area (Å²) in [5, 5.41) is 11.0. The number of para-hydroxylation sites is 1. The van der Waals surface area contributed by atoms with Crippen molar-refractivity contribution in [1.82, 2.24) is 0 Å². The second kappa shape index (κ2) is 6.49. The van der Waals surface area contributed by atoms with Gasteiger partial charge in [-0.3, -0.25) is 19.7 Å². The van der Waals surface area contributed by atoms with Crippen molar-refractivity contribution in [2.75, 3.05) is 12.0 Å². The van der Waals surface area contributed by atoms with Gasteiger partial charge < -0.3 is 4.74 Å². The zero-order valence-corrected chi connectivity index (χ0v) is 11.6. The number of carbonyl (C=O) groups excluding carboxylic acids is 2. The number of imide groups is 1. The van der Waals surface area contributed by atoms with Crippen LogP contribution in [0.15, 0.2) is 48.5 Å². The maximum Gasteiger partial charge on any atom is 0.282 e. The van der Waals surface area contributed by atoms with E-state index in [0.717, 1.165) is 4.90 Å². The van der Waals surface area contributed by atoms with Crippen LogP contribution >= 0.6 is 0 Å². The number of ether oxygens (including phenoxy) is 1. The summed E-state index contributed by atoms with van der Waals surface area (Å²) in [6, 6.07) is 11.7.